The smallest absolute Gasteiger partial charge is 0.0349 e. The molecule has 1 heterocycles. The van der Waals surface area contributed by atoms with E-state index in [4.69, 9.17) is 5.73 Å². The Morgan fingerprint density at radius 3 is 2.33 bits per heavy atom. The minimum Gasteiger partial charge on any atom is -0.403 e. The lowest BCUT2D eigenvalue weighted by Crippen LogP contribution is -1.83. The molecule has 2 N–H and O–H groups in total. The molecule has 1 saturated heterocycles. The minimum atomic E-state index is 1.19. The van der Waals surface area contributed by atoms with Gasteiger partial charge in [0, 0.05) is 25.5 Å². The predicted octanol–water partition coefficient (Wildman–Crippen LogP) is -0.268. The topological polar surface area (TPSA) is 29.0 Å². The van der Waals surface area contributed by atoms with Crippen molar-refractivity contribution in [3.05, 3.63) is 12.4 Å². The molecule has 0 aliphatic carbocycles. The molecule has 6 heavy (non-hydrogen) atoms. The Morgan fingerprint density at radius 2 is 2.17 bits per heavy atom. The van der Waals surface area contributed by atoms with Gasteiger partial charge in [0.15, 0.2) is 0 Å². The third kappa shape index (κ3) is 0.641. The van der Waals surface area contributed by atoms with Crippen molar-refractivity contribution >= 4 is 0 Å². The van der Waals surface area contributed by atoms with Gasteiger partial charge in [-0.1, -0.05) is 0 Å². The molecular weight excluding hydrogens is 76.1 g/mol. The molecule has 34 valence electrons. The Balaban J connectivity index is 2.15. The predicted molar refractivity (Wildman–Crippen MR) is 24.9 cm³/mol. The molecule has 2 heteroatoms. The van der Waals surface area contributed by atoms with Gasteiger partial charge in [-0.05, 0) is 0 Å². The van der Waals surface area contributed by atoms with Crippen LogP contribution in [0.3, 0.4) is 0 Å². The SMILES string of the molecule is NC=CN1CC1. The van der Waals surface area contributed by atoms with E-state index in [9.17, 15) is 0 Å². The first-order valence-electron chi connectivity index (χ1n) is 2.06. The van der Waals surface area contributed by atoms with Crippen molar-refractivity contribution in [2.75, 3.05) is 13.1 Å². The summed E-state index contributed by atoms with van der Waals surface area (Å²) in [6.07, 6.45) is 3.45. The molecule has 0 atom stereocenters. The first-order chi connectivity index (χ1) is 2.93. The molecular formula is C4H8N2. The van der Waals surface area contributed by atoms with Gasteiger partial charge in [-0.15, -0.1) is 0 Å². The highest BCUT2D eigenvalue weighted by Gasteiger charge is 2.09. The first kappa shape index (κ1) is 3.53. The fourth-order valence-corrected chi connectivity index (χ4v) is 0.329. The van der Waals surface area contributed by atoms with E-state index in [1.165, 1.54) is 13.1 Å². The summed E-state index contributed by atoms with van der Waals surface area (Å²) >= 11 is 0. The maximum absolute atomic E-state index is 5.05. The Bertz CT molecular complexity index is 63.9. The zero-order chi connectivity index (χ0) is 4.41. The zero-order valence-corrected chi connectivity index (χ0v) is 3.59. The molecule has 2 nitrogen and oxygen atoms in total. The molecule has 0 aromatic heterocycles. The molecule has 1 fully saturated rings. The van der Waals surface area contributed by atoms with Crippen molar-refractivity contribution in [3.63, 3.8) is 0 Å². The monoisotopic (exact) mass is 84.1 g/mol. The van der Waals surface area contributed by atoms with E-state index < -0.39 is 0 Å². The van der Waals surface area contributed by atoms with Gasteiger partial charge in [0.1, 0.15) is 0 Å². The number of nitrogens with two attached hydrogens (primary N) is 1. The summed E-state index contributed by atoms with van der Waals surface area (Å²) in [7, 11) is 0. The van der Waals surface area contributed by atoms with Crippen molar-refractivity contribution < 1.29 is 0 Å². The van der Waals surface area contributed by atoms with Crippen LogP contribution in [0.25, 0.3) is 0 Å². The van der Waals surface area contributed by atoms with Crippen LogP contribution >= 0.6 is 0 Å². The van der Waals surface area contributed by atoms with Crippen LogP contribution in [0.5, 0.6) is 0 Å². The van der Waals surface area contributed by atoms with Crippen LogP contribution in [-0.4, -0.2) is 18.0 Å². The van der Waals surface area contributed by atoms with Crippen molar-refractivity contribution in [2.24, 2.45) is 5.73 Å². The Kier molecular flexibility index (Phi) is 0.708. The van der Waals surface area contributed by atoms with Gasteiger partial charge < -0.3 is 10.6 Å². The normalized spacial score (nSPS) is 19.7. The van der Waals surface area contributed by atoms with E-state index in [1.807, 2.05) is 6.20 Å². The molecule has 0 aromatic carbocycles. The molecule has 0 amide bonds. The first-order valence-corrected chi connectivity index (χ1v) is 2.06. The zero-order valence-electron chi connectivity index (χ0n) is 3.59. The average Bonchev–Trinajstić information content (AvgIpc) is 2.21. The number of nitrogens with zero attached hydrogens (tertiary/aromatic N) is 1. The minimum absolute atomic E-state index is 1.19. The highest BCUT2D eigenvalue weighted by molar-refractivity contribution is 4.86. The molecule has 1 rings (SSSR count). The number of hydrogen-bond donors (Lipinski definition) is 1. The van der Waals surface area contributed by atoms with Gasteiger partial charge in [-0.2, -0.15) is 0 Å². The highest BCUT2D eigenvalue weighted by atomic mass is 15.2. The van der Waals surface area contributed by atoms with Crippen molar-refractivity contribution in [2.45, 2.75) is 0 Å². The van der Waals surface area contributed by atoms with Crippen LogP contribution in [-0.2, 0) is 0 Å². The van der Waals surface area contributed by atoms with E-state index in [0.29, 0.717) is 0 Å². The lowest BCUT2D eigenvalue weighted by Gasteiger charge is -1.81. The highest BCUT2D eigenvalue weighted by Crippen LogP contribution is 2.00. The van der Waals surface area contributed by atoms with Crippen LogP contribution in [0.1, 0.15) is 0 Å². The average molecular weight is 84.1 g/mol. The van der Waals surface area contributed by atoms with Gasteiger partial charge in [-0.25, -0.2) is 0 Å². The third-order valence-corrected chi connectivity index (χ3v) is 0.779. The van der Waals surface area contributed by atoms with Crippen LogP contribution in [0.2, 0.25) is 0 Å². The van der Waals surface area contributed by atoms with E-state index in [-0.39, 0.29) is 0 Å². The third-order valence-electron chi connectivity index (χ3n) is 0.779. The standard InChI is InChI=1S/C4H8N2/c5-1-2-6-3-4-6/h1-2H,3-5H2. The molecule has 0 aromatic rings. The maximum atomic E-state index is 5.05. The second kappa shape index (κ2) is 1.20. The largest absolute Gasteiger partial charge is 0.403 e. The number of rotatable bonds is 1. The summed E-state index contributed by atoms with van der Waals surface area (Å²) in [4.78, 5) is 2.12. The summed E-state index contributed by atoms with van der Waals surface area (Å²) < 4.78 is 0. The molecule has 1 aliphatic heterocycles. The van der Waals surface area contributed by atoms with E-state index in [0.717, 1.165) is 0 Å². The van der Waals surface area contributed by atoms with Crippen molar-refractivity contribution in [3.8, 4) is 0 Å². The molecule has 0 bridgehead atoms. The summed E-state index contributed by atoms with van der Waals surface area (Å²) in [6, 6.07) is 0. The van der Waals surface area contributed by atoms with E-state index in [2.05, 4.69) is 4.90 Å². The van der Waals surface area contributed by atoms with Gasteiger partial charge in [0.25, 0.3) is 0 Å². The quantitative estimate of drug-likeness (QED) is 0.443. The van der Waals surface area contributed by atoms with Crippen molar-refractivity contribution in [1.82, 2.24) is 4.90 Å². The molecule has 0 radical (unpaired) electrons. The maximum Gasteiger partial charge on any atom is 0.0349 e. The van der Waals surface area contributed by atoms with E-state index in [1.54, 1.807) is 6.20 Å². The Hall–Kier alpha value is -0.660. The number of hydrogen-bond acceptors (Lipinski definition) is 2. The summed E-state index contributed by atoms with van der Waals surface area (Å²) in [5.74, 6) is 0. The van der Waals surface area contributed by atoms with Crippen LogP contribution in [0, 0.1) is 0 Å². The van der Waals surface area contributed by atoms with Gasteiger partial charge >= 0.3 is 0 Å². The van der Waals surface area contributed by atoms with Gasteiger partial charge in [-0.3, -0.25) is 0 Å². The Morgan fingerprint density at radius 1 is 1.50 bits per heavy atom. The lowest BCUT2D eigenvalue weighted by atomic mass is 10.9. The van der Waals surface area contributed by atoms with Crippen LogP contribution < -0.4 is 5.73 Å². The fourth-order valence-electron chi connectivity index (χ4n) is 0.329. The van der Waals surface area contributed by atoms with Gasteiger partial charge in [0.2, 0.25) is 0 Å². The lowest BCUT2D eigenvalue weighted by molar-refractivity contribution is 0.770. The second-order valence-corrected chi connectivity index (χ2v) is 1.38. The van der Waals surface area contributed by atoms with Crippen LogP contribution in [0.4, 0.5) is 0 Å². The van der Waals surface area contributed by atoms with E-state index >= 15 is 0 Å². The van der Waals surface area contributed by atoms with Crippen molar-refractivity contribution in [1.29, 1.82) is 0 Å². The van der Waals surface area contributed by atoms with Crippen LogP contribution in [0.15, 0.2) is 12.4 Å². The fraction of sp³-hybridized carbons (Fsp3) is 0.500. The Labute approximate surface area is 37.2 Å². The molecule has 0 spiro atoms. The summed E-state index contributed by atoms with van der Waals surface area (Å²) in [5, 5.41) is 0. The molecule has 0 saturated carbocycles. The van der Waals surface area contributed by atoms with Gasteiger partial charge in [0.05, 0.1) is 0 Å². The summed E-state index contributed by atoms with van der Waals surface area (Å²) in [5.41, 5.74) is 5.05. The summed E-state index contributed by atoms with van der Waals surface area (Å²) in [6.45, 7) is 2.38. The second-order valence-electron chi connectivity index (χ2n) is 1.38. The molecule has 0 unspecified atom stereocenters. The molecule has 1 aliphatic rings.